The van der Waals surface area contributed by atoms with Crippen LogP contribution >= 0.6 is 11.3 Å². The van der Waals surface area contributed by atoms with E-state index in [0.717, 1.165) is 16.0 Å². The van der Waals surface area contributed by atoms with Crippen LogP contribution in [0.25, 0.3) is 0 Å². The van der Waals surface area contributed by atoms with E-state index in [9.17, 15) is 9.59 Å². The first-order valence-corrected chi connectivity index (χ1v) is 9.10. The normalized spacial score (nSPS) is 12.4. The molecule has 134 valence electrons. The van der Waals surface area contributed by atoms with Crippen molar-refractivity contribution in [2.75, 3.05) is 13.1 Å². The summed E-state index contributed by atoms with van der Waals surface area (Å²) in [6.45, 7) is 5.69. The number of hydrogen-bond donors (Lipinski definition) is 2. The van der Waals surface area contributed by atoms with Gasteiger partial charge in [-0.2, -0.15) is 0 Å². The molecule has 0 spiro atoms. The molecule has 25 heavy (non-hydrogen) atoms. The van der Waals surface area contributed by atoms with E-state index in [2.05, 4.69) is 5.32 Å². The molecule has 2 aromatic rings. The topological polar surface area (TPSA) is 69.6 Å². The number of carboxylic acid groups (broad SMARTS) is 1. The van der Waals surface area contributed by atoms with E-state index in [0.29, 0.717) is 0 Å². The van der Waals surface area contributed by atoms with E-state index in [4.69, 9.17) is 5.11 Å². The number of aryl methyl sites for hydroxylation is 1. The van der Waals surface area contributed by atoms with Crippen molar-refractivity contribution in [2.24, 2.45) is 0 Å². The molecule has 0 aliphatic rings. The molecule has 1 heterocycles. The summed E-state index contributed by atoms with van der Waals surface area (Å²) in [6, 6.07) is 11.8. The average Bonchev–Trinajstić information content (AvgIpc) is 3.06. The second kappa shape index (κ2) is 8.78. The first kappa shape index (κ1) is 19.1. The van der Waals surface area contributed by atoms with Crippen LogP contribution in [-0.2, 0) is 9.59 Å². The second-order valence-corrected chi connectivity index (χ2v) is 7.30. The SMILES string of the molecule is Cc1ccc(C(NC(=O)CN(CC(=O)O)C(C)C)c2cccs2)cc1. The smallest absolute Gasteiger partial charge is 0.317 e. The molecular formula is C19H24N2O3S. The molecule has 2 rings (SSSR count). The molecular weight excluding hydrogens is 336 g/mol. The Morgan fingerprint density at radius 2 is 1.84 bits per heavy atom. The number of aliphatic carboxylic acids is 1. The number of amides is 1. The Morgan fingerprint density at radius 1 is 1.16 bits per heavy atom. The summed E-state index contributed by atoms with van der Waals surface area (Å²) in [5.74, 6) is -1.12. The lowest BCUT2D eigenvalue weighted by Gasteiger charge is -2.25. The molecule has 1 aromatic heterocycles. The largest absolute Gasteiger partial charge is 0.480 e. The molecule has 0 fully saturated rings. The highest BCUT2D eigenvalue weighted by Gasteiger charge is 2.21. The molecule has 0 bridgehead atoms. The van der Waals surface area contributed by atoms with E-state index < -0.39 is 5.97 Å². The maximum absolute atomic E-state index is 12.5. The highest BCUT2D eigenvalue weighted by Crippen LogP contribution is 2.26. The monoisotopic (exact) mass is 360 g/mol. The molecule has 6 heteroatoms. The summed E-state index contributed by atoms with van der Waals surface area (Å²) in [4.78, 5) is 26.2. The molecule has 1 aromatic carbocycles. The zero-order valence-corrected chi connectivity index (χ0v) is 15.5. The van der Waals surface area contributed by atoms with Gasteiger partial charge in [0.2, 0.25) is 5.91 Å². The zero-order chi connectivity index (χ0) is 18.4. The highest BCUT2D eigenvalue weighted by atomic mass is 32.1. The van der Waals surface area contributed by atoms with Crippen LogP contribution in [0, 0.1) is 6.92 Å². The Hall–Kier alpha value is -2.18. The Morgan fingerprint density at radius 3 is 2.36 bits per heavy atom. The van der Waals surface area contributed by atoms with Crippen LogP contribution in [0.1, 0.15) is 35.9 Å². The number of nitrogens with one attached hydrogen (secondary N) is 1. The van der Waals surface area contributed by atoms with Crippen molar-refractivity contribution < 1.29 is 14.7 Å². The number of benzene rings is 1. The van der Waals surface area contributed by atoms with Crippen molar-refractivity contribution >= 4 is 23.2 Å². The van der Waals surface area contributed by atoms with E-state index >= 15 is 0 Å². The molecule has 0 aliphatic carbocycles. The summed E-state index contributed by atoms with van der Waals surface area (Å²) >= 11 is 1.59. The molecule has 2 N–H and O–H groups in total. The van der Waals surface area contributed by atoms with Crippen molar-refractivity contribution in [3.8, 4) is 0 Å². The summed E-state index contributed by atoms with van der Waals surface area (Å²) in [6.07, 6.45) is 0. The Balaban J connectivity index is 2.15. The second-order valence-electron chi connectivity index (χ2n) is 6.32. The maximum atomic E-state index is 12.5. The molecule has 1 atom stereocenters. The summed E-state index contributed by atoms with van der Waals surface area (Å²) in [5, 5.41) is 14.0. The van der Waals surface area contributed by atoms with Gasteiger partial charge in [-0.1, -0.05) is 35.9 Å². The van der Waals surface area contributed by atoms with Crippen molar-refractivity contribution in [1.82, 2.24) is 10.2 Å². The summed E-state index contributed by atoms with van der Waals surface area (Å²) < 4.78 is 0. The lowest BCUT2D eigenvalue weighted by molar-refractivity contribution is -0.139. The van der Waals surface area contributed by atoms with Crippen LogP contribution < -0.4 is 5.32 Å². The van der Waals surface area contributed by atoms with Gasteiger partial charge in [0.15, 0.2) is 0 Å². The third kappa shape index (κ3) is 5.69. The number of carboxylic acids is 1. The standard InChI is InChI=1S/C19H24N2O3S/c1-13(2)21(12-18(23)24)11-17(22)20-19(16-5-4-10-25-16)15-8-6-14(3)7-9-15/h4-10,13,19H,11-12H2,1-3H3,(H,20,22)(H,23,24). The van der Waals surface area contributed by atoms with Crippen molar-refractivity contribution in [3.63, 3.8) is 0 Å². The van der Waals surface area contributed by atoms with Gasteiger partial charge in [-0.05, 0) is 37.8 Å². The Kier molecular flexibility index (Phi) is 6.73. The van der Waals surface area contributed by atoms with E-state index in [1.807, 2.05) is 62.5 Å². The van der Waals surface area contributed by atoms with Gasteiger partial charge in [-0.3, -0.25) is 14.5 Å². The van der Waals surface area contributed by atoms with Gasteiger partial charge in [0.05, 0.1) is 19.1 Å². The minimum absolute atomic E-state index is 0.0265. The predicted octanol–water partition coefficient (Wildman–Crippen LogP) is 3.06. The predicted molar refractivity (Wildman–Crippen MR) is 99.8 cm³/mol. The minimum Gasteiger partial charge on any atom is -0.480 e. The fourth-order valence-electron chi connectivity index (χ4n) is 2.52. The van der Waals surface area contributed by atoms with Crippen LogP contribution in [-0.4, -0.2) is 41.0 Å². The Bertz CT molecular complexity index is 696. The van der Waals surface area contributed by atoms with E-state index in [1.54, 1.807) is 16.2 Å². The van der Waals surface area contributed by atoms with Crippen molar-refractivity contribution in [1.29, 1.82) is 0 Å². The first-order valence-electron chi connectivity index (χ1n) is 8.22. The average molecular weight is 360 g/mol. The number of hydrogen-bond acceptors (Lipinski definition) is 4. The van der Waals surface area contributed by atoms with Gasteiger partial charge >= 0.3 is 5.97 Å². The molecule has 0 aliphatic heterocycles. The van der Waals surface area contributed by atoms with Crippen molar-refractivity contribution in [3.05, 3.63) is 57.8 Å². The fraction of sp³-hybridized carbons (Fsp3) is 0.368. The van der Waals surface area contributed by atoms with Gasteiger partial charge in [0.25, 0.3) is 0 Å². The van der Waals surface area contributed by atoms with Gasteiger partial charge in [0, 0.05) is 10.9 Å². The molecule has 1 unspecified atom stereocenters. The molecule has 0 radical (unpaired) electrons. The quantitative estimate of drug-likeness (QED) is 0.759. The molecule has 0 saturated heterocycles. The van der Waals surface area contributed by atoms with Crippen molar-refractivity contribution in [2.45, 2.75) is 32.9 Å². The zero-order valence-electron chi connectivity index (χ0n) is 14.7. The first-order chi connectivity index (χ1) is 11.9. The lowest BCUT2D eigenvalue weighted by atomic mass is 10.0. The number of thiophene rings is 1. The number of carbonyl (C=O) groups excluding carboxylic acids is 1. The Labute approximate surface area is 152 Å². The van der Waals surface area contributed by atoms with E-state index in [-0.39, 0.29) is 31.1 Å². The summed E-state index contributed by atoms with van der Waals surface area (Å²) in [7, 11) is 0. The minimum atomic E-state index is -0.935. The van der Waals surface area contributed by atoms with Crippen LogP contribution in [0.5, 0.6) is 0 Å². The number of carbonyl (C=O) groups is 2. The van der Waals surface area contributed by atoms with Gasteiger partial charge in [-0.15, -0.1) is 11.3 Å². The maximum Gasteiger partial charge on any atom is 0.317 e. The number of nitrogens with zero attached hydrogens (tertiary/aromatic N) is 1. The van der Waals surface area contributed by atoms with Gasteiger partial charge < -0.3 is 10.4 Å². The molecule has 1 amide bonds. The van der Waals surface area contributed by atoms with Crippen LogP contribution in [0.15, 0.2) is 41.8 Å². The fourth-order valence-corrected chi connectivity index (χ4v) is 3.32. The highest BCUT2D eigenvalue weighted by molar-refractivity contribution is 7.10. The van der Waals surface area contributed by atoms with Gasteiger partial charge in [-0.25, -0.2) is 0 Å². The molecule has 5 nitrogen and oxygen atoms in total. The molecule has 0 saturated carbocycles. The third-order valence-corrected chi connectivity index (χ3v) is 4.90. The van der Waals surface area contributed by atoms with Crippen LogP contribution in [0.3, 0.4) is 0 Å². The van der Waals surface area contributed by atoms with Gasteiger partial charge in [0.1, 0.15) is 0 Å². The third-order valence-electron chi connectivity index (χ3n) is 3.96. The van der Waals surface area contributed by atoms with Crippen LogP contribution in [0.4, 0.5) is 0 Å². The van der Waals surface area contributed by atoms with E-state index in [1.165, 1.54) is 0 Å². The van der Waals surface area contributed by atoms with Crippen LogP contribution in [0.2, 0.25) is 0 Å². The lowest BCUT2D eigenvalue weighted by Crippen LogP contribution is -2.44. The number of rotatable bonds is 8. The summed E-state index contributed by atoms with van der Waals surface area (Å²) in [5.41, 5.74) is 2.17.